The quantitative estimate of drug-likeness (QED) is 0.700. The number of ether oxygens (including phenoxy) is 1. The minimum absolute atomic E-state index is 0.147. The summed E-state index contributed by atoms with van der Waals surface area (Å²) in [6, 6.07) is 0.632. The Morgan fingerprint density at radius 2 is 2.03 bits per heavy atom. The number of hydrazine groups is 1. The van der Waals surface area contributed by atoms with Gasteiger partial charge in [-0.15, -0.1) is 0 Å². The summed E-state index contributed by atoms with van der Waals surface area (Å²) in [5.74, 6) is -0.369. The van der Waals surface area contributed by atoms with Gasteiger partial charge in [0.15, 0.2) is 0 Å². The molecular weight excluding hydrogens is 374 g/mol. The number of amides is 2. The lowest BCUT2D eigenvalue weighted by Crippen LogP contribution is -2.60. The number of likely N-dealkylation sites (tertiary alicyclic amines) is 1. The van der Waals surface area contributed by atoms with E-state index in [1.165, 1.54) is 5.01 Å². The van der Waals surface area contributed by atoms with Crippen LogP contribution >= 0.6 is 0 Å². The Hall–Kier alpha value is -2.18. The van der Waals surface area contributed by atoms with E-state index in [0.29, 0.717) is 25.8 Å². The van der Waals surface area contributed by atoms with Crippen molar-refractivity contribution in [1.29, 1.82) is 5.26 Å². The molecule has 2 aliphatic heterocycles. The van der Waals surface area contributed by atoms with Gasteiger partial charge in [0.05, 0.1) is 6.07 Å². The van der Waals surface area contributed by atoms with Crippen LogP contribution in [-0.2, 0) is 14.3 Å². The van der Waals surface area contributed by atoms with Gasteiger partial charge in [-0.05, 0) is 52.0 Å². The molecule has 2 saturated heterocycles. The molecule has 0 aromatic heterocycles. The standard InChI is InChI=1S/C20H31N5O4/c1-24-10-7-16(8-11-24)29-20(28)25-17(5-3-9-22-25)19(27)23-15(13-21)12-14-4-2-6-18(14)26/h14-17,22H,2-12H2,1H3,(H,23,27)/t14-,15-,17-/m0/s1. The van der Waals surface area contributed by atoms with E-state index in [1.54, 1.807) is 0 Å². The molecule has 0 spiro atoms. The lowest BCUT2D eigenvalue weighted by molar-refractivity contribution is -0.129. The maximum absolute atomic E-state index is 12.8. The second-order valence-corrected chi connectivity index (χ2v) is 8.30. The highest BCUT2D eigenvalue weighted by Crippen LogP contribution is 2.25. The monoisotopic (exact) mass is 405 g/mol. The summed E-state index contributed by atoms with van der Waals surface area (Å²) in [5.41, 5.74) is 2.97. The molecule has 2 amide bonds. The normalized spacial score (nSPS) is 27.3. The molecule has 0 aromatic carbocycles. The molecule has 3 aliphatic rings. The Morgan fingerprint density at radius 3 is 2.69 bits per heavy atom. The highest BCUT2D eigenvalue weighted by atomic mass is 16.6. The van der Waals surface area contributed by atoms with Crippen molar-refractivity contribution in [3.05, 3.63) is 0 Å². The summed E-state index contributed by atoms with van der Waals surface area (Å²) >= 11 is 0. The van der Waals surface area contributed by atoms with Crippen molar-refractivity contribution in [3.63, 3.8) is 0 Å². The van der Waals surface area contributed by atoms with E-state index < -0.39 is 18.2 Å². The zero-order valence-corrected chi connectivity index (χ0v) is 17.1. The third-order valence-electron chi connectivity index (χ3n) is 6.10. The number of carbonyl (C=O) groups is 3. The molecule has 0 radical (unpaired) electrons. The molecule has 9 heteroatoms. The number of nitriles is 1. The molecule has 160 valence electrons. The average Bonchev–Trinajstić information content (AvgIpc) is 3.13. The van der Waals surface area contributed by atoms with Crippen molar-refractivity contribution in [2.75, 3.05) is 26.7 Å². The third-order valence-corrected chi connectivity index (χ3v) is 6.10. The van der Waals surface area contributed by atoms with Gasteiger partial charge in [0, 0.05) is 32.0 Å². The fourth-order valence-electron chi connectivity index (χ4n) is 4.31. The van der Waals surface area contributed by atoms with Gasteiger partial charge in [0.2, 0.25) is 5.91 Å². The number of rotatable bonds is 5. The molecular formula is C20H31N5O4. The van der Waals surface area contributed by atoms with Gasteiger partial charge >= 0.3 is 6.09 Å². The molecule has 3 atom stereocenters. The summed E-state index contributed by atoms with van der Waals surface area (Å²) in [6.45, 7) is 2.34. The van der Waals surface area contributed by atoms with Crippen molar-refractivity contribution >= 4 is 17.8 Å². The van der Waals surface area contributed by atoms with Crippen LogP contribution in [0.1, 0.15) is 51.4 Å². The number of ketones is 1. The highest BCUT2D eigenvalue weighted by molar-refractivity contribution is 5.86. The first-order valence-corrected chi connectivity index (χ1v) is 10.6. The Balaban J connectivity index is 1.56. The predicted molar refractivity (Wildman–Crippen MR) is 104 cm³/mol. The van der Waals surface area contributed by atoms with Crippen LogP contribution in [0.15, 0.2) is 0 Å². The Morgan fingerprint density at radius 1 is 1.28 bits per heavy atom. The molecule has 9 nitrogen and oxygen atoms in total. The maximum Gasteiger partial charge on any atom is 0.425 e. The first-order chi connectivity index (χ1) is 14.0. The van der Waals surface area contributed by atoms with E-state index >= 15 is 0 Å². The van der Waals surface area contributed by atoms with E-state index in [-0.39, 0.29) is 23.7 Å². The van der Waals surface area contributed by atoms with Gasteiger partial charge in [0.25, 0.3) is 0 Å². The van der Waals surface area contributed by atoms with Crippen LogP contribution in [0.3, 0.4) is 0 Å². The molecule has 29 heavy (non-hydrogen) atoms. The van der Waals surface area contributed by atoms with Crippen LogP contribution in [0.5, 0.6) is 0 Å². The lowest BCUT2D eigenvalue weighted by Gasteiger charge is -2.36. The second-order valence-electron chi connectivity index (χ2n) is 8.30. The van der Waals surface area contributed by atoms with Crippen LogP contribution in [0.25, 0.3) is 0 Å². The van der Waals surface area contributed by atoms with E-state index in [0.717, 1.165) is 45.2 Å². The fraction of sp³-hybridized carbons (Fsp3) is 0.800. The molecule has 1 aliphatic carbocycles. The zero-order chi connectivity index (χ0) is 20.8. The highest BCUT2D eigenvalue weighted by Gasteiger charge is 2.36. The molecule has 3 fully saturated rings. The van der Waals surface area contributed by atoms with Gasteiger partial charge < -0.3 is 15.0 Å². The number of hydrogen-bond acceptors (Lipinski definition) is 7. The van der Waals surface area contributed by atoms with Crippen molar-refractivity contribution in [2.24, 2.45) is 5.92 Å². The third kappa shape index (κ3) is 5.67. The van der Waals surface area contributed by atoms with Crippen LogP contribution < -0.4 is 10.7 Å². The van der Waals surface area contributed by atoms with Crippen molar-refractivity contribution in [1.82, 2.24) is 20.7 Å². The minimum atomic E-state index is -0.733. The van der Waals surface area contributed by atoms with Gasteiger partial charge in [-0.2, -0.15) is 5.26 Å². The number of piperidine rings is 1. The van der Waals surface area contributed by atoms with Crippen molar-refractivity contribution in [2.45, 2.75) is 69.6 Å². The average molecular weight is 405 g/mol. The lowest BCUT2D eigenvalue weighted by atomic mass is 9.97. The van der Waals surface area contributed by atoms with Crippen molar-refractivity contribution in [3.8, 4) is 6.07 Å². The zero-order valence-electron chi connectivity index (χ0n) is 17.1. The summed E-state index contributed by atoms with van der Waals surface area (Å²) in [5, 5.41) is 13.4. The van der Waals surface area contributed by atoms with Gasteiger partial charge in [-0.3, -0.25) is 9.59 Å². The molecule has 2 heterocycles. The van der Waals surface area contributed by atoms with Crippen LogP contribution in [0.2, 0.25) is 0 Å². The maximum atomic E-state index is 12.8. The Kier molecular flexibility index (Phi) is 7.45. The summed E-state index contributed by atoms with van der Waals surface area (Å²) < 4.78 is 5.62. The largest absolute Gasteiger partial charge is 0.445 e. The number of Topliss-reactive ketones (excluding diaryl/α,β-unsaturated/α-hetero) is 1. The fourth-order valence-corrected chi connectivity index (χ4v) is 4.31. The van der Waals surface area contributed by atoms with Crippen LogP contribution in [-0.4, -0.2) is 72.6 Å². The van der Waals surface area contributed by atoms with Gasteiger partial charge in [0.1, 0.15) is 24.0 Å². The molecule has 0 aromatic rings. The SMILES string of the molecule is CN1CCC(OC(=O)N2NCCC[C@H]2C(=O)N[C@H](C#N)C[C@@H]2CCCC2=O)CC1. The number of nitrogens with zero attached hydrogens (tertiary/aromatic N) is 3. The number of nitrogens with one attached hydrogen (secondary N) is 2. The summed E-state index contributed by atoms with van der Waals surface area (Å²) in [7, 11) is 2.04. The van der Waals surface area contributed by atoms with Gasteiger partial charge in [-0.25, -0.2) is 15.2 Å². The minimum Gasteiger partial charge on any atom is -0.445 e. The summed E-state index contributed by atoms with van der Waals surface area (Å²) in [4.78, 5) is 39.6. The second kappa shape index (κ2) is 10.0. The summed E-state index contributed by atoms with van der Waals surface area (Å²) in [6.07, 6.45) is 4.62. The molecule has 1 saturated carbocycles. The Labute approximate surface area is 171 Å². The van der Waals surface area contributed by atoms with E-state index in [9.17, 15) is 19.6 Å². The predicted octanol–water partition coefficient (Wildman–Crippen LogP) is 0.954. The number of carbonyl (C=O) groups excluding carboxylic acids is 3. The Bertz CT molecular complexity index is 656. The topological polar surface area (TPSA) is 115 Å². The van der Waals surface area contributed by atoms with E-state index in [1.807, 2.05) is 7.05 Å². The van der Waals surface area contributed by atoms with E-state index in [4.69, 9.17) is 4.74 Å². The first kappa shape index (κ1) is 21.5. The first-order valence-electron chi connectivity index (χ1n) is 10.6. The molecule has 0 bridgehead atoms. The van der Waals surface area contributed by atoms with Crippen LogP contribution in [0.4, 0.5) is 4.79 Å². The molecule has 2 N–H and O–H groups in total. The molecule has 0 unspecified atom stereocenters. The van der Waals surface area contributed by atoms with E-state index in [2.05, 4.69) is 21.7 Å². The smallest absolute Gasteiger partial charge is 0.425 e. The number of hydrogen-bond donors (Lipinski definition) is 2. The van der Waals surface area contributed by atoms with Crippen molar-refractivity contribution < 1.29 is 19.1 Å². The van der Waals surface area contributed by atoms with Gasteiger partial charge in [-0.1, -0.05) is 0 Å². The van der Waals surface area contributed by atoms with Crippen LogP contribution in [0, 0.1) is 17.2 Å². The molecule has 3 rings (SSSR count).